The summed E-state index contributed by atoms with van der Waals surface area (Å²) in [7, 11) is 0. The minimum absolute atomic E-state index is 0.106. The first kappa shape index (κ1) is 20.6. The van der Waals surface area contributed by atoms with Crippen molar-refractivity contribution < 1.29 is 4.79 Å². The van der Waals surface area contributed by atoms with Crippen LogP contribution in [-0.4, -0.2) is 21.1 Å². The minimum atomic E-state index is -0.327. The maximum absolute atomic E-state index is 12.7. The molecular formula is C23H22N4OS2. The molecule has 1 N–H and O–H groups in total. The lowest BCUT2D eigenvalue weighted by atomic mass is 9.82. The fourth-order valence-electron chi connectivity index (χ4n) is 3.75. The molecule has 2 unspecified atom stereocenters. The average molecular weight is 435 g/mol. The van der Waals surface area contributed by atoms with Gasteiger partial charge in [0.15, 0.2) is 5.13 Å². The number of rotatable bonds is 6. The number of amides is 1. The largest absolute Gasteiger partial charge is 0.301 e. The fourth-order valence-corrected chi connectivity index (χ4v) is 5.28. The van der Waals surface area contributed by atoms with Crippen molar-refractivity contribution in [1.82, 2.24) is 9.97 Å². The predicted molar refractivity (Wildman–Crippen MR) is 121 cm³/mol. The number of hydrogen-bond donors (Lipinski definition) is 1. The summed E-state index contributed by atoms with van der Waals surface area (Å²) in [6.45, 7) is 1.97. The van der Waals surface area contributed by atoms with Gasteiger partial charge in [-0.2, -0.15) is 5.26 Å². The number of aryl methyl sites for hydroxylation is 1. The van der Waals surface area contributed by atoms with Crippen LogP contribution in [0, 0.1) is 11.3 Å². The molecule has 0 aliphatic heterocycles. The number of pyridine rings is 1. The Morgan fingerprint density at radius 3 is 2.93 bits per heavy atom. The maximum atomic E-state index is 12.7. The number of thioether (sulfide) groups is 1. The van der Waals surface area contributed by atoms with E-state index in [0.717, 1.165) is 30.5 Å². The van der Waals surface area contributed by atoms with Gasteiger partial charge >= 0.3 is 0 Å². The van der Waals surface area contributed by atoms with Crippen molar-refractivity contribution in [2.75, 3.05) is 5.32 Å². The maximum Gasteiger partial charge on any atom is 0.239 e. The van der Waals surface area contributed by atoms with Crippen LogP contribution < -0.4 is 5.32 Å². The molecule has 1 aromatic carbocycles. The molecule has 0 spiro atoms. The molecular weight excluding hydrogens is 412 g/mol. The quantitative estimate of drug-likeness (QED) is 0.540. The Labute approximate surface area is 184 Å². The third kappa shape index (κ3) is 4.55. The van der Waals surface area contributed by atoms with Crippen molar-refractivity contribution in [3.05, 3.63) is 70.4 Å². The van der Waals surface area contributed by atoms with Gasteiger partial charge in [-0.05, 0) is 48.8 Å². The van der Waals surface area contributed by atoms with Gasteiger partial charge < -0.3 is 5.32 Å². The molecule has 1 amide bonds. The molecule has 7 heteroatoms. The van der Waals surface area contributed by atoms with E-state index in [9.17, 15) is 10.1 Å². The monoisotopic (exact) mass is 434 g/mol. The normalized spacial score (nSPS) is 16.3. The number of anilines is 1. The molecule has 0 fully saturated rings. The molecule has 2 atom stereocenters. The van der Waals surface area contributed by atoms with Crippen molar-refractivity contribution in [2.45, 2.75) is 48.8 Å². The van der Waals surface area contributed by atoms with Crippen LogP contribution in [0.1, 0.15) is 48.1 Å². The zero-order valence-corrected chi connectivity index (χ0v) is 18.3. The van der Waals surface area contributed by atoms with E-state index in [0.29, 0.717) is 28.1 Å². The molecule has 1 aliphatic rings. The number of nitriles is 1. The summed E-state index contributed by atoms with van der Waals surface area (Å²) in [6, 6.07) is 14.8. The minimum Gasteiger partial charge on any atom is -0.301 e. The Hall–Kier alpha value is -2.69. The second-order valence-corrected chi connectivity index (χ2v) is 9.34. The Balaban J connectivity index is 1.53. The van der Waals surface area contributed by atoms with E-state index >= 15 is 0 Å². The Bertz CT molecular complexity index is 1060. The number of benzene rings is 1. The van der Waals surface area contributed by atoms with Gasteiger partial charge in [-0.1, -0.05) is 49.0 Å². The van der Waals surface area contributed by atoms with Crippen LogP contribution in [0.3, 0.4) is 0 Å². The molecule has 5 nitrogen and oxygen atoms in total. The molecule has 0 saturated heterocycles. The first-order valence-electron chi connectivity index (χ1n) is 10.0. The van der Waals surface area contributed by atoms with Crippen LogP contribution in [0.25, 0.3) is 0 Å². The second kappa shape index (κ2) is 9.41. The first-order valence-corrected chi connectivity index (χ1v) is 11.8. The summed E-state index contributed by atoms with van der Waals surface area (Å²) >= 11 is 2.76. The summed E-state index contributed by atoms with van der Waals surface area (Å²) in [5.74, 6) is 0.350. The molecule has 3 aromatic rings. The highest BCUT2D eigenvalue weighted by Gasteiger charge is 2.26. The van der Waals surface area contributed by atoms with Crippen LogP contribution in [0.4, 0.5) is 5.13 Å². The first-order chi connectivity index (χ1) is 14.7. The summed E-state index contributed by atoms with van der Waals surface area (Å²) in [4.78, 5) is 21.6. The van der Waals surface area contributed by atoms with E-state index < -0.39 is 0 Å². The number of thiazole rings is 1. The average Bonchev–Trinajstić information content (AvgIpc) is 3.30. The molecule has 0 radical (unpaired) electrons. The van der Waals surface area contributed by atoms with Gasteiger partial charge in [-0.3, -0.25) is 4.79 Å². The predicted octanol–water partition coefficient (Wildman–Crippen LogP) is 5.19. The number of nitrogens with zero attached hydrogens (tertiary/aromatic N) is 3. The third-order valence-corrected chi connectivity index (χ3v) is 7.38. The van der Waals surface area contributed by atoms with Crippen molar-refractivity contribution in [2.24, 2.45) is 0 Å². The second-order valence-electron chi connectivity index (χ2n) is 7.25. The van der Waals surface area contributed by atoms with Crippen LogP contribution in [0.2, 0.25) is 0 Å². The number of carbonyl (C=O) groups is 1. The lowest BCUT2D eigenvalue weighted by molar-refractivity contribution is -0.115. The summed E-state index contributed by atoms with van der Waals surface area (Å²) in [5, 5.41) is 15.3. The van der Waals surface area contributed by atoms with Gasteiger partial charge in [0, 0.05) is 17.3 Å². The van der Waals surface area contributed by atoms with Gasteiger partial charge in [0.1, 0.15) is 11.1 Å². The highest BCUT2D eigenvalue weighted by molar-refractivity contribution is 8.00. The van der Waals surface area contributed by atoms with Crippen molar-refractivity contribution in [1.29, 1.82) is 5.26 Å². The Morgan fingerprint density at radius 2 is 2.23 bits per heavy atom. The lowest BCUT2D eigenvalue weighted by Gasteiger charge is -2.25. The molecule has 1 aliphatic carbocycles. The number of nitrogens with one attached hydrogen (secondary N) is 1. The topological polar surface area (TPSA) is 78.7 Å². The van der Waals surface area contributed by atoms with Crippen LogP contribution in [0.15, 0.2) is 53.0 Å². The van der Waals surface area contributed by atoms with Gasteiger partial charge in [-0.25, -0.2) is 9.97 Å². The number of carbonyl (C=O) groups excluding carboxylic acids is 1. The highest BCUT2D eigenvalue weighted by Crippen LogP contribution is 2.35. The van der Waals surface area contributed by atoms with E-state index in [1.54, 1.807) is 6.20 Å². The zero-order chi connectivity index (χ0) is 20.9. The van der Waals surface area contributed by atoms with Crippen molar-refractivity contribution in [3.63, 3.8) is 0 Å². The van der Waals surface area contributed by atoms with Crippen molar-refractivity contribution >= 4 is 34.1 Å². The van der Waals surface area contributed by atoms with Crippen LogP contribution in [0.5, 0.6) is 0 Å². The molecule has 152 valence electrons. The third-order valence-electron chi connectivity index (χ3n) is 5.32. The molecule has 4 rings (SSSR count). The summed E-state index contributed by atoms with van der Waals surface area (Å²) in [5.41, 5.74) is 4.09. The van der Waals surface area contributed by atoms with E-state index in [4.69, 9.17) is 4.98 Å². The van der Waals surface area contributed by atoms with E-state index in [-0.39, 0.29) is 11.2 Å². The Kier molecular flexibility index (Phi) is 6.46. The number of fused-ring (bicyclic) bond motifs is 1. The molecule has 0 saturated carbocycles. The standard InChI is InChI=1S/C23H22N4OS2/c1-2-20(21(28)27-23-25-10-11-29-23)30-22-18(14-24)13-17-12-16(8-9-19(17)26-22)15-6-4-3-5-7-15/h3-7,10-11,13,16,20H,2,8-9,12H2,1H3,(H,25,27,28). The Morgan fingerprint density at radius 1 is 1.40 bits per heavy atom. The van der Waals surface area contributed by atoms with Crippen molar-refractivity contribution in [3.8, 4) is 6.07 Å². The van der Waals surface area contributed by atoms with E-state index in [1.165, 1.54) is 28.7 Å². The van der Waals surface area contributed by atoms with Gasteiger partial charge in [-0.15, -0.1) is 11.3 Å². The highest BCUT2D eigenvalue weighted by atomic mass is 32.2. The van der Waals surface area contributed by atoms with E-state index in [1.807, 2.05) is 24.4 Å². The number of aromatic nitrogens is 2. The lowest BCUT2D eigenvalue weighted by Crippen LogP contribution is -2.25. The zero-order valence-electron chi connectivity index (χ0n) is 16.7. The SMILES string of the molecule is CCC(Sc1nc2c(cc1C#N)CC(c1ccccc1)CC2)C(=O)Nc1nccs1. The molecule has 30 heavy (non-hydrogen) atoms. The fraction of sp³-hybridized carbons (Fsp3) is 0.304. The van der Waals surface area contributed by atoms with E-state index in [2.05, 4.69) is 40.6 Å². The van der Waals surface area contributed by atoms with Crippen LogP contribution >= 0.6 is 23.1 Å². The molecule has 2 heterocycles. The molecule has 0 bridgehead atoms. The molecule has 2 aromatic heterocycles. The summed E-state index contributed by atoms with van der Waals surface area (Å²) < 4.78 is 0. The van der Waals surface area contributed by atoms with Gasteiger partial charge in [0.05, 0.1) is 10.8 Å². The van der Waals surface area contributed by atoms with Gasteiger partial charge in [0.25, 0.3) is 0 Å². The van der Waals surface area contributed by atoms with Crippen LogP contribution in [-0.2, 0) is 17.6 Å². The smallest absolute Gasteiger partial charge is 0.239 e. The van der Waals surface area contributed by atoms with Gasteiger partial charge in [0.2, 0.25) is 5.91 Å². The number of hydrogen-bond acceptors (Lipinski definition) is 6. The summed E-state index contributed by atoms with van der Waals surface area (Å²) in [6.07, 6.45) is 5.13.